The number of hydrogen-bond acceptors (Lipinski definition) is 9. The fraction of sp³-hybridized carbons (Fsp3) is 0.750. The third-order valence-corrected chi connectivity index (χ3v) is 3.31. The number of hydrazine groups is 1. The molecule has 0 spiro atoms. The van der Waals surface area contributed by atoms with Gasteiger partial charge in [-0.1, -0.05) is 0 Å². The molecule has 1 aromatic rings. The Balaban J connectivity index is 2.16. The van der Waals surface area contributed by atoms with Gasteiger partial charge >= 0.3 is 0 Å². The van der Waals surface area contributed by atoms with Crippen molar-refractivity contribution in [2.75, 3.05) is 49.1 Å². The molecule has 1 saturated heterocycles. The largest absolute Gasteiger partial charge is 0.394 e. The SMILES string of the molecule is COCC(CO)Nc1nc(NN)nc(N2CCCCC2)n1. The Labute approximate surface area is 123 Å². The van der Waals surface area contributed by atoms with E-state index in [9.17, 15) is 5.11 Å². The fourth-order valence-electron chi connectivity index (χ4n) is 2.25. The highest BCUT2D eigenvalue weighted by Crippen LogP contribution is 2.18. The molecule has 0 radical (unpaired) electrons. The van der Waals surface area contributed by atoms with E-state index in [2.05, 4.69) is 30.6 Å². The van der Waals surface area contributed by atoms with E-state index in [0.29, 0.717) is 24.5 Å². The van der Waals surface area contributed by atoms with Gasteiger partial charge in [0.2, 0.25) is 17.8 Å². The monoisotopic (exact) mass is 297 g/mol. The van der Waals surface area contributed by atoms with Gasteiger partial charge in [-0.25, -0.2) is 5.84 Å². The summed E-state index contributed by atoms with van der Waals surface area (Å²) >= 11 is 0. The highest BCUT2D eigenvalue weighted by Gasteiger charge is 2.17. The Morgan fingerprint density at radius 1 is 1.24 bits per heavy atom. The van der Waals surface area contributed by atoms with Crippen molar-refractivity contribution in [3.8, 4) is 0 Å². The normalized spacial score (nSPS) is 16.6. The van der Waals surface area contributed by atoms with Gasteiger partial charge in [-0.3, -0.25) is 5.43 Å². The molecule has 9 heteroatoms. The van der Waals surface area contributed by atoms with E-state index in [-0.39, 0.29) is 12.6 Å². The standard InChI is InChI=1S/C12H23N7O2/c1-21-8-9(7-20)14-10-15-11(18-13)17-12(16-10)19-5-3-2-4-6-19/h9,20H,2-8,13H2,1H3,(H2,14,15,16,17,18). The molecule has 21 heavy (non-hydrogen) atoms. The molecular weight excluding hydrogens is 274 g/mol. The summed E-state index contributed by atoms with van der Waals surface area (Å²) in [6.45, 7) is 2.13. The van der Waals surface area contributed by atoms with Crippen molar-refractivity contribution >= 4 is 17.8 Å². The van der Waals surface area contributed by atoms with Crippen LogP contribution in [0, 0.1) is 0 Å². The van der Waals surface area contributed by atoms with Crippen molar-refractivity contribution in [1.82, 2.24) is 15.0 Å². The van der Waals surface area contributed by atoms with Gasteiger partial charge in [0.15, 0.2) is 0 Å². The van der Waals surface area contributed by atoms with E-state index in [1.54, 1.807) is 7.11 Å². The number of methoxy groups -OCH3 is 1. The number of rotatable bonds is 7. The first kappa shape index (κ1) is 15.7. The summed E-state index contributed by atoms with van der Waals surface area (Å²) in [7, 11) is 1.57. The molecule has 1 atom stereocenters. The average Bonchev–Trinajstić information content (AvgIpc) is 2.55. The van der Waals surface area contributed by atoms with Gasteiger partial charge in [-0.2, -0.15) is 15.0 Å². The Morgan fingerprint density at radius 3 is 2.57 bits per heavy atom. The van der Waals surface area contributed by atoms with Crippen molar-refractivity contribution < 1.29 is 9.84 Å². The second-order valence-electron chi connectivity index (χ2n) is 4.95. The van der Waals surface area contributed by atoms with Gasteiger partial charge in [0.1, 0.15) is 0 Å². The van der Waals surface area contributed by atoms with Crippen LogP contribution < -0.4 is 21.5 Å². The van der Waals surface area contributed by atoms with Crippen LogP contribution >= 0.6 is 0 Å². The average molecular weight is 297 g/mol. The zero-order valence-electron chi connectivity index (χ0n) is 12.2. The summed E-state index contributed by atoms with van der Waals surface area (Å²) in [6, 6.07) is -0.280. The molecule has 5 N–H and O–H groups in total. The predicted octanol–water partition coefficient (Wildman–Crippen LogP) is -0.433. The van der Waals surface area contributed by atoms with Gasteiger partial charge in [0.25, 0.3) is 0 Å². The molecule has 1 aliphatic rings. The quantitative estimate of drug-likeness (QED) is 0.392. The predicted molar refractivity (Wildman–Crippen MR) is 80.1 cm³/mol. The second-order valence-corrected chi connectivity index (χ2v) is 4.95. The Bertz CT molecular complexity index is 440. The Hall–Kier alpha value is -1.71. The van der Waals surface area contributed by atoms with Gasteiger partial charge < -0.3 is 20.1 Å². The third kappa shape index (κ3) is 4.38. The maximum Gasteiger partial charge on any atom is 0.243 e. The van der Waals surface area contributed by atoms with E-state index >= 15 is 0 Å². The first-order chi connectivity index (χ1) is 10.3. The summed E-state index contributed by atoms with van der Waals surface area (Å²) < 4.78 is 5.03. The number of anilines is 3. The summed E-state index contributed by atoms with van der Waals surface area (Å²) in [4.78, 5) is 15.0. The summed E-state index contributed by atoms with van der Waals surface area (Å²) in [5, 5.41) is 12.3. The molecule has 0 aromatic carbocycles. The molecule has 0 saturated carbocycles. The molecule has 1 unspecified atom stereocenters. The number of nitrogen functional groups attached to an aromatic ring is 1. The highest BCUT2D eigenvalue weighted by atomic mass is 16.5. The summed E-state index contributed by atoms with van der Waals surface area (Å²) in [5.74, 6) is 6.67. The number of hydrogen-bond donors (Lipinski definition) is 4. The number of aliphatic hydroxyl groups excluding tert-OH is 1. The van der Waals surface area contributed by atoms with Gasteiger partial charge in [0, 0.05) is 20.2 Å². The third-order valence-electron chi connectivity index (χ3n) is 3.31. The topological polar surface area (TPSA) is 121 Å². The molecule has 1 aliphatic heterocycles. The summed E-state index contributed by atoms with van der Waals surface area (Å²) in [5.41, 5.74) is 2.45. The van der Waals surface area contributed by atoms with Crippen LogP contribution in [0.4, 0.5) is 17.8 Å². The minimum Gasteiger partial charge on any atom is -0.394 e. The van der Waals surface area contributed by atoms with Crippen molar-refractivity contribution in [2.24, 2.45) is 5.84 Å². The van der Waals surface area contributed by atoms with E-state index in [1.165, 1.54) is 6.42 Å². The minimum atomic E-state index is -0.280. The van der Waals surface area contributed by atoms with E-state index in [1.807, 2.05) is 0 Å². The molecule has 118 valence electrons. The number of piperidine rings is 1. The number of nitrogens with zero attached hydrogens (tertiary/aromatic N) is 4. The van der Waals surface area contributed by atoms with Gasteiger partial charge in [-0.05, 0) is 19.3 Å². The van der Waals surface area contributed by atoms with Crippen LogP contribution in [0.5, 0.6) is 0 Å². The van der Waals surface area contributed by atoms with Gasteiger partial charge in [-0.15, -0.1) is 0 Å². The van der Waals surface area contributed by atoms with Crippen molar-refractivity contribution in [2.45, 2.75) is 25.3 Å². The van der Waals surface area contributed by atoms with E-state index in [4.69, 9.17) is 10.6 Å². The lowest BCUT2D eigenvalue weighted by molar-refractivity contribution is 0.153. The molecule has 2 heterocycles. The summed E-state index contributed by atoms with van der Waals surface area (Å²) in [6.07, 6.45) is 3.49. The molecule has 1 fully saturated rings. The van der Waals surface area contributed by atoms with E-state index in [0.717, 1.165) is 25.9 Å². The lowest BCUT2D eigenvalue weighted by Gasteiger charge is -2.27. The molecule has 0 amide bonds. The van der Waals surface area contributed by atoms with Crippen molar-refractivity contribution in [3.63, 3.8) is 0 Å². The molecule has 9 nitrogen and oxygen atoms in total. The van der Waals surface area contributed by atoms with Crippen LogP contribution in [0.3, 0.4) is 0 Å². The smallest absolute Gasteiger partial charge is 0.243 e. The molecule has 0 aliphatic carbocycles. The molecule has 1 aromatic heterocycles. The van der Waals surface area contributed by atoms with Crippen molar-refractivity contribution in [3.05, 3.63) is 0 Å². The first-order valence-electron chi connectivity index (χ1n) is 7.10. The maximum atomic E-state index is 9.30. The Kier molecular flexibility index (Phi) is 5.90. The minimum absolute atomic E-state index is 0.0794. The van der Waals surface area contributed by atoms with Crippen molar-refractivity contribution in [1.29, 1.82) is 0 Å². The highest BCUT2D eigenvalue weighted by molar-refractivity contribution is 5.44. The lowest BCUT2D eigenvalue weighted by atomic mass is 10.1. The number of aromatic nitrogens is 3. The molecule has 0 bridgehead atoms. The number of ether oxygens (including phenoxy) is 1. The number of aliphatic hydroxyl groups is 1. The number of nitrogens with two attached hydrogens (primary N) is 1. The molecule has 2 rings (SSSR count). The van der Waals surface area contributed by atoms with Crippen LogP contribution in [-0.4, -0.2) is 59.5 Å². The lowest BCUT2D eigenvalue weighted by Crippen LogP contribution is -2.33. The molecular formula is C12H23N7O2. The maximum absolute atomic E-state index is 9.30. The van der Waals surface area contributed by atoms with Crippen LogP contribution in [0.2, 0.25) is 0 Å². The zero-order chi connectivity index (χ0) is 15.1. The first-order valence-corrected chi connectivity index (χ1v) is 7.10. The van der Waals surface area contributed by atoms with Crippen LogP contribution in [0.15, 0.2) is 0 Å². The van der Waals surface area contributed by atoms with E-state index < -0.39 is 0 Å². The zero-order valence-corrected chi connectivity index (χ0v) is 12.2. The van der Waals surface area contributed by atoms with Crippen LogP contribution in [-0.2, 0) is 4.74 Å². The fourth-order valence-corrected chi connectivity index (χ4v) is 2.25. The number of nitrogens with one attached hydrogen (secondary N) is 2. The van der Waals surface area contributed by atoms with Crippen LogP contribution in [0.1, 0.15) is 19.3 Å². The Morgan fingerprint density at radius 2 is 1.95 bits per heavy atom. The van der Waals surface area contributed by atoms with Gasteiger partial charge in [0.05, 0.1) is 19.3 Å². The second kappa shape index (κ2) is 7.91. The van der Waals surface area contributed by atoms with Crippen LogP contribution in [0.25, 0.3) is 0 Å².